The lowest BCUT2D eigenvalue weighted by Gasteiger charge is -2.26. The van der Waals surface area contributed by atoms with Crippen molar-refractivity contribution >= 4 is 0 Å². The molecule has 0 amide bonds. The van der Waals surface area contributed by atoms with Crippen molar-refractivity contribution in [2.45, 2.75) is 31.8 Å². The van der Waals surface area contributed by atoms with Gasteiger partial charge in [0.15, 0.2) is 0 Å². The van der Waals surface area contributed by atoms with E-state index in [1.54, 1.807) is 0 Å². The van der Waals surface area contributed by atoms with Crippen LogP contribution in [0.1, 0.15) is 31.4 Å². The van der Waals surface area contributed by atoms with Gasteiger partial charge in [0.05, 0.1) is 6.61 Å². The van der Waals surface area contributed by atoms with Crippen LogP contribution in [0.3, 0.4) is 0 Å². The molecule has 2 atom stereocenters. The van der Waals surface area contributed by atoms with Crippen LogP contribution in [0.5, 0.6) is 0 Å². The molecule has 1 aliphatic rings. The first-order valence-electron chi connectivity index (χ1n) is 5.60. The summed E-state index contributed by atoms with van der Waals surface area (Å²) in [6, 6.07) is 4.99. The largest absolute Gasteiger partial charge is 0.380 e. The first kappa shape index (κ1) is 10.6. The van der Waals surface area contributed by atoms with E-state index in [9.17, 15) is 0 Å². The molecule has 2 rings (SSSR count). The summed E-state index contributed by atoms with van der Waals surface area (Å²) >= 11 is 0. The minimum atomic E-state index is 0.375. The summed E-state index contributed by atoms with van der Waals surface area (Å²) in [7, 11) is 0. The zero-order chi connectivity index (χ0) is 10.5. The fraction of sp³-hybridized carbons (Fsp3) is 0.583. The average molecular weight is 206 g/mol. The third-order valence-electron chi connectivity index (χ3n) is 2.85. The van der Waals surface area contributed by atoms with Crippen molar-refractivity contribution in [2.24, 2.45) is 0 Å². The van der Waals surface area contributed by atoms with Crippen LogP contribution in [0, 0.1) is 0 Å². The lowest BCUT2D eigenvalue weighted by molar-refractivity contribution is 0.0671. The predicted octanol–water partition coefficient (Wildman–Crippen LogP) is 1.91. The Labute approximate surface area is 90.9 Å². The average Bonchev–Trinajstić information content (AvgIpc) is 2.31. The SMILES string of the molecule is C[C@@H](NC1CCCOC1)c1ccncc1. The Morgan fingerprint density at radius 1 is 1.47 bits per heavy atom. The van der Waals surface area contributed by atoms with Gasteiger partial charge in [0.25, 0.3) is 0 Å². The Morgan fingerprint density at radius 3 is 2.93 bits per heavy atom. The molecule has 1 N–H and O–H groups in total. The number of aromatic nitrogens is 1. The molecular formula is C12H18N2O. The number of pyridine rings is 1. The number of nitrogens with zero attached hydrogens (tertiary/aromatic N) is 1. The number of rotatable bonds is 3. The third-order valence-corrected chi connectivity index (χ3v) is 2.85. The van der Waals surface area contributed by atoms with Crippen LogP contribution >= 0.6 is 0 Å². The van der Waals surface area contributed by atoms with Crippen molar-refractivity contribution in [3.63, 3.8) is 0 Å². The minimum absolute atomic E-state index is 0.375. The highest BCUT2D eigenvalue weighted by Gasteiger charge is 2.16. The van der Waals surface area contributed by atoms with Crippen LogP contribution in [0.2, 0.25) is 0 Å². The summed E-state index contributed by atoms with van der Waals surface area (Å²) in [4.78, 5) is 4.02. The zero-order valence-corrected chi connectivity index (χ0v) is 9.15. The maximum Gasteiger partial charge on any atom is 0.0619 e. The maximum atomic E-state index is 5.44. The van der Waals surface area contributed by atoms with E-state index in [4.69, 9.17) is 4.74 Å². The monoisotopic (exact) mass is 206 g/mol. The van der Waals surface area contributed by atoms with Crippen LogP contribution < -0.4 is 5.32 Å². The normalized spacial score (nSPS) is 23.7. The topological polar surface area (TPSA) is 34.1 Å². The van der Waals surface area contributed by atoms with E-state index in [0.29, 0.717) is 12.1 Å². The summed E-state index contributed by atoms with van der Waals surface area (Å²) < 4.78 is 5.44. The molecule has 15 heavy (non-hydrogen) atoms. The molecule has 82 valence electrons. The minimum Gasteiger partial charge on any atom is -0.380 e. The predicted molar refractivity (Wildman–Crippen MR) is 59.6 cm³/mol. The number of ether oxygens (including phenoxy) is 1. The lowest BCUT2D eigenvalue weighted by atomic mass is 10.1. The maximum absolute atomic E-state index is 5.44. The van der Waals surface area contributed by atoms with Crippen LogP contribution in [-0.2, 0) is 4.74 Å². The second-order valence-corrected chi connectivity index (χ2v) is 4.08. The molecule has 0 aromatic carbocycles. The Balaban J connectivity index is 1.88. The first-order valence-corrected chi connectivity index (χ1v) is 5.60. The fourth-order valence-corrected chi connectivity index (χ4v) is 1.97. The summed E-state index contributed by atoms with van der Waals surface area (Å²) in [6.07, 6.45) is 6.06. The van der Waals surface area contributed by atoms with Gasteiger partial charge >= 0.3 is 0 Å². The van der Waals surface area contributed by atoms with Gasteiger partial charge in [-0.1, -0.05) is 0 Å². The van der Waals surface area contributed by atoms with E-state index in [1.807, 2.05) is 12.4 Å². The van der Waals surface area contributed by atoms with E-state index in [1.165, 1.54) is 18.4 Å². The van der Waals surface area contributed by atoms with Crippen molar-refractivity contribution in [2.75, 3.05) is 13.2 Å². The van der Waals surface area contributed by atoms with E-state index < -0.39 is 0 Å². The second kappa shape index (κ2) is 5.24. The molecule has 1 aromatic heterocycles. The molecule has 0 radical (unpaired) electrons. The summed E-state index contributed by atoms with van der Waals surface area (Å²) in [5.41, 5.74) is 1.29. The van der Waals surface area contributed by atoms with E-state index in [-0.39, 0.29) is 0 Å². The van der Waals surface area contributed by atoms with Crippen molar-refractivity contribution < 1.29 is 4.74 Å². The molecule has 1 saturated heterocycles. The fourth-order valence-electron chi connectivity index (χ4n) is 1.97. The molecule has 1 unspecified atom stereocenters. The van der Waals surface area contributed by atoms with Crippen molar-refractivity contribution in [1.82, 2.24) is 10.3 Å². The van der Waals surface area contributed by atoms with Crippen molar-refractivity contribution in [3.05, 3.63) is 30.1 Å². The van der Waals surface area contributed by atoms with Crippen LogP contribution in [0.4, 0.5) is 0 Å². The van der Waals surface area contributed by atoms with Crippen LogP contribution in [-0.4, -0.2) is 24.2 Å². The number of hydrogen-bond acceptors (Lipinski definition) is 3. The molecule has 0 spiro atoms. The molecular weight excluding hydrogens is 188 g/mol. The van der Waals surface area contributed by atoms with E-state index >= 15 is 0 Å². The van der Waals surface area contributed by atoms with Crippen molar-refractivity contribution in [1.29, 1.82) is 0 Å². The molecule has 3 heteroatoms. The van der Waals surface area contributed by atoms with Gasteiger partial charge in [-0.05, 0) is 37.5 Å². The quantitative estimate of drug-likeness (QED) is 0.820. The Bertz CT molecular complexity index is 283. The third kappa shape index (κ3) is 3.01. The molecule has 2 heterocycles. The summed E-state index contributed by atoms with van der Waals surface area (Å²) in [5, 5.41) is 3.58. The highest BCUT2D eigenvalue weighted by molar-refractivity contribution is 5.14. The van der Waals surface area contributed by atoms with Gasteiger partial charge in [0.1, 0.15) is 0 Å². The van der Waals surface area contributed by atoms with E-state index in [0.717, 1.165) is 13.2 Å². The first-order chi connectivity index (χ1) is 7.36. The van der Waals surface area contributed by atoms with Gasteiger partial charge in [-0.3, -0.25) is 4.98 Å². The Hall–Kier alpha value is -0.930. The summed E-state index contributed by atoms with van der Waals surface area (Å²) in [6.45, 7) is 3.95. The van der Waals surface area contributed by atoms with Gasteiger partial charge < -0.3 is 10.1 Å². The Morgan fingerprint density at radius 2 is 2.27 bits per heavy atom. The standard InChI is InChI=1S/C12H18N2O/c1-10(11-4-6-13-7-5-11)14-12-3-2-8-15-9-12/h4-7,10,12,14H,2-3,8-9H2,1H3/t10-,12?/m1/s1. The molecule has 1 aliphatic heterocycles. The van der Waals surface area contributed by atoms with Gasteiger partial charge in [-0.2, -0.15) is 0 Å². The molecule has 3 nitrogen and oxygen atoms in total. The molecule has 1 aromatic rings. The molecule has 0 saturated carbocycles. The van der Waals surface area contributed by atoms with Gasteiger partial charge in [-0.25, -0.2) is 0 Å². The molecule has 1 fully saturated rings. The summed E-state index contributed by atoms with van der Waals surface area (Å²) in [5.74, 6) is 0. The van der Waals surface area contributed by atoms with Crippen LogP contribution in [0.25, 0.3) is 0 Å². The smallest absolute Gasteiger partial charge is 0.0619 e. The van der Waals surface area contributed by atoms with Gasteiger partial charge in [0.2, 0.25) is 0 Å². The highest BCUT2D eigenvalue weighted by atomic mass is 16.5. The van der Waals surface area contributed by atoms with Gasteiger partial charge in [0, 0.05) is 31.1 Å². The molecule has 0 aliphatic carbocycles. The van der Waals surface area contributed by atoms with Gasteiger partial charge in [-0.15, -0.1) is 0 Å². The Kier molecular flexibility index (Phi) is 3.69. The number of nitrogens with one attached hydrogen (secondary N) is 1. The lowest BCUT2D eigenvalue weighted by Crippen LogP contribution is -2.38. The van der Waals surface area contributed by atoms with Crippen molar-refractivity contribution in [3.8, 4) is 0 Å². The van der Waals surface area contributed by atoms with E-state index in [2.05, 4.69) is 29.4 Å². The zero-order valence-electron chi connectivity index (χ0n) is 9.15. The second-order valence-electron chi connectivity index (χ2n) is 4.08. The molecule has 0 bridgehead atoms. The number of hydrogen-bond donors (Lipinski definition) is 1. The van der Waals surface area contributed by atoms with Crippen LogP contribution in [0.15, 0.2) is 24.5 Å². The highest BCUT2D eigenvalue weighted by Crippen LogP contribution is 2.14.